The molecule has 0 saturated carbocycles. The summed E-state index contributed by atoms with van der Waals surface area (Å²) in [5.41, 5.74) is 2.78. The first-order chi connectivity index (χ1) is 14.0. The second kappa shape index (κ2) is 10.0. The highest BCUT2D eigenvalue weighted by Crippen LogP contribution is 2.16. The molecule has 29 heavy (non-hydrogen) atoms. The Morgan fingerprint density at radius 2 is 2.14 bits per heavy atom. The van der Waals surface area contributed by atoms with Crippen LogP contribution in [0.1, 0.15) is 24.1 Å². The van der Waals surface area contributed by atoms with Gasteiger partial charge in [-0.05, 0) is 49.6 Å². The molecule has 1 aromatic carbocycles. The summed E-state index contributed by atoms with van der Waals surface area (Å²) < 4.78 is 26.4. The topological polar surface area (TPSA) is 90.4 Å². The molecule has 2 heterocycles. The second-order valence-corrected chi connectivity index (χ2v) is 6.92. The summed E-state index contributed by atoms with van der Waals surface area (Å²) in [7, 11) is 0. The van der Waals surface area contributed by atoms with Crippen molar-refractivity contribution in [3.8, 4) is 0 Å². The molecule has 0 unspecified atom stereocenters. The zero-order valence-corrected chi connectivity index (χ0v) is 15.8. The number of halogens is 2. The van der Waals surface area contributed by atoms with Crippen molar-refractivity contribution in [3.63, 3.8) is 0 Å². The van der Waals surface area contributed by atoms with Crippen LogP contribution in [-0.2, 0) is 11.2 Å². The van der Waals surface area contributed by atoms with Crippen molar-refractivity contribution >= 4 is 17.8 Å². The fraction of sp³-hybridized carbons (Fsp3) is 0.350. The number of likely N-dealkylation sites (tertiary alicyclic amines) is 1. The molecule has 1 fully saturated rings. The molecule has 0 radical (unpaired) electrons. The predicted octanol–water partition coefficient (Wildman–Crippen LogP) is 2.39. The maximum atomic E-state index is 13.3. The van der Waals surface area contributed by atoms with Gasteiger partial charge in [-0.2, -0.15) is 0 Å². The Kier molecular flexibility index (Phi) is 7.20. The Balaban J connectivity index is 1.49. The standard InChI is InChI=1S/C20H23F2N5O2/c21-17-5-3-14(10-18(17)22)7-9-27-8-1-2-16(13-27)25-19-12-23-15(11-24-19)4-6-20(28)26-29/h3-6,10-12,16,29H,1-2,7-9,13H2,(H,24,25)(H,26,28)/b6-4+/t16-/m1/s1. The Labute approximate surface area is 167 Å². The minimum Gasteiger partial charge on any atom is -0.365 e. The molecule has 1 atom stereocenters. The molecule has 7 nitrogen and oxygen atoms in total. The summed E-state index contributed by atoms with van der Waals surface area (Å²) in [6.45, 7) is 2.56. The molecule has 3 rings (SSSR count). The van der Waals surface area contributed by atoms with E-state index in [0.717, 1.165) is 44.1 Å². The summed E-state index contributed by atoms with van der Waals surface area (Å²) in [4.78, 5) is 21.8. The van der Waals surface area contributed by atoms with Gasteiger partial charge in [-0.25, -0.2) is 19.2 Å². The van der Waals surface area contributed by atoms with Crippen LogP contribution in [0.25, 0.3) is 6.08 Å². The van der Waals surface area contributed by atoms with E-state index >= 15 is 0 Å². The SMILES string of the molecule is O=C(/C=C/c1cnc(N[C@@H]2CCCN(CCc3ccc(F)c(F)c3)C2)cn1)NO. The minimum atomic E-state index is -0.824. The highest BCUT2D eigenvalue weighted by Gasteiger charge is 2.20. The number of hydroxylamine groups is 1. The van der Waals surface area contributed by atoms with E-state index in [1.54, 1.807) is 12.3 Å². The highest BCUT2D eigenvalue weighted by molar-refractivity contribution is 5.90. The smallest absolute Gasteiger partial charge is 0.267 e. The summed E-state index contributed by atoms with van der Waals surface area (Å²) in [5.74, 6) is -1.63. The number of nitrogens with zero attached hydrogens (tertiary/aromatic N) is 3. The molecule has 154 valence electrons. The molecule has 1 aromatic heterocycles. The fourth-order valence-electron chi connectivity index (χ4n) is 3.26. The number of hydrogen-bond donors (Lipinski definition) is 3. The number of benzene rings is 1. The number of hydrogen-bond acceptors (Lipinski definition) is 6. The molecule has 3 N–H and O–H groups in total. The number of rotatable bonds is 7. The van der Waals surface area contributed by atoms with Crippen LogP contribution in [-0.4, -0.2) is 51.7 Å². The fourth-order valence-corrected chi connectivity index (χ4v) is 3.26. The van der Waals surface area contributed by atoms with E-state index in [1.807, 2.05) is 0 Å². The lowest BCUT2D eigenvalue weighted by atomic mass is 10.0. The largest absolute Gasteiger partial charge is 0.365 e. The molecule has 9 heteroatoms. The Morgan fingerprint density at radius 3 is 2.86 bits per heavy atom. The lowest BCUT2D eigenvalue weighted by Crippen LogP contribution is -2.43. The molecule has 1 aliphatic heterocycles. The molecule has 1 saturated heterocycles. The van der Waals surface area contributed by atoms with Gasteiger partial charge in [-0.3, -0.25) is 15.0 Å². The van der Waals surface area contributed by atoms with Crippen molar-refractivity contribution in [2.75, 3.05) is 25.0 Å². The van der Waals surface area contributed by atoms with Crippen LogP contribution in [0, 0.1) is 11.6 Å². The highest BCUT2D eigenvalue weighted by atomic mass is 19.2. The van der Waals surface area contributed by atoms with Crippen molar-refractivity contribution in [3.05, 3.63) is 59.6 Å². The van der Waals surface area contributed by atoms with E-state index in [4.69, 9.17) is 5.21 Å². The van der Waals surface area contributed by atoms with E-state index in [-0.39, 0.29) is 6.04 Å². The number of piperidine rings is 1. The first-order valence-corrected chi connectivity index (χ1v) is 9.40. The summed E-state index contributed by atoms with van der Waals surface area (Å²) in [6.07, 6.45) is 8.42. The van der Waals surface area contributed by atoms with Gasteiger partial charge in [0.05, 0.1) is 18.1 Å². The molecular weight excluding hydrogens is 380 g/mol. The second-order valence-electron chi connectivity index (χ2n) is 6.92. The Morgan fingerprint density at radius 1 is 1.28 bits per heavy atom. The summed E-state index contributed by atoms with van der Waals surface area (Å²) in [5, 5.41) is 11.8. The van der Waals surface area contributed by atoms with Crippen LogP contribution < -0.4 is 10.8 Å². The van der Waals surface area contributed by atoms with Crippen molar-refractivity contribution in [2.45, 2.75) is 25.3 Å². The van der Waals surface area contributed by atoms with Crippen molar-refractivity contribution in [2.24, 2.45) is 0 Å². The number of amides is 1. The third kappa shape index (κ3) is 6.30. The van der Waals surface area contributed by atoms with Crippen LogP contribution in [0.2, 0.25) is 0 Å². The molecule has 2 aromatic rings. The minimum absolute atomic E-state index is 0.213. The van der Waals surface area contributed by atoms with E-state index < -0.39 is 17.5 Å². The van der Waals surface area contributed by atoms with Crippen molar-refractivity contribution < 1.29 is 18.8 Å². The van der Waals surface area contributed by atoms with E-state index in [0.29, 0.717) is 17.9 Å². The third-order valence-electron chi connectivity index (χ3n) is 4.75. The monoisotopic (exact) mass is 403 g/mol. The normalized spacial score (nSPS) is 17.4. The average molecular weight is 403 g/mol. The molecule has 0 spiro atoms. The first kappa shape index (κ1) is 20.8. The van der Waals surface area contributed by atoms with Crippen LogP contribution in [0.5, 0.6) is 0 Å². The number of nitrogens with one attached hydrogen (secondary N) is 2. The van der Waals surface area contributed by atoms with Gasteiger partial charge in [0.15, 0.2) is 11.6 Å². The predicted molar refractivity (Wildman–Crippen MR) is 104 cm³/mol. The van der Waals surface area contributed by atoms with Gasteiger partial charge >= 0.3 is 0 Å². The molecular formula is C20H23F2N5O2. The summed E-state index contributed by atoms with van der Waals surface area (Å²) in [6, 6.07) is 4.25. The van der Waals surface area contributed by atoms with Crippen LogP contribution >= 0.6 is 0 Å². The molecule has 1 aliphatic rings. The van der Waals surface area contributed by atoms with Crippen LogP contribution in [0.15, 0.2) is 36.7 Å². The first-order valence-electron chi connectivity index (χ1n) is 9.40. The Hall–Kier alpha value is -2.91. The van der Waals surface area contributed by atoms with Crippen LogP contribution in [0.3, 0.4) is 0 Å². The average Bonchev–Trinajstić information content (AvgIpc) is 2.74. The number of carbonyl (C=O) groups is 1. The number of aromatic nitrogens is 2. The van der Waals surface area contributed by atoms with Gasteiger partial charge in [-0.15, -0.1) is 0 Å². The van der Waals surface area contributed by atoms with Gasteiger partial charge in [-0.1, -0.05) is 6.07 Å². The van der Waals surface area contributed by atoms with Gasteiger partial charge in [0, 0.05) is 25.2 Å². The zero-order valence-electron chi connectivity index (χ0n) is 15.8. The zero-order chi connectivity index (χ0) is 20.6. The molecule has 0 aliphatic carbocycles. The third-order valence-corrected chi connectivity index (χ3v) is 4.75. The van der Waals surface area contributed by atoms with E-state index in [1.165, 1.54) is 29.9 Å². The number of anilines is 1. The molecule has 1 amide bonds. The summed E-state index contributed by atoms with van der Waals surface area (Å²) >= 11 is 0. The molecule has 0 bridgehead atoms. The van der Waals surface area contributed by atoms with Crippen molar-refractivity contribution in [1.82, 2.24) is 20.3 Å². The quantitative estimate of drug-likeness (QED) is 0.374. The Bertz CT molecular complexity index is 860. The van der Waals surface area contributed by atoms with E-state index in [9.17, 15) is 13.6 Å². The van der Waals surface area contributed by atoms with E-state index in [2.05, 4.69) is 20.2 Å². The number of carbonyl (C=O) groups excluding carboxylic acids is 1. The van der Waals surface area contributed by atoms with Gasteiger partial charge in [0.2, 0.25) is 0 Å². The van der Waals surface area contributed by atoms with Gasteiger partial charge in [0.1, 0.15) is 5.82 Å². The van der Waals surface area contributed by atoms with Crippen LogP contribution in [0.4, 0.5) is 14.6 Å². The lowest BCUT2D eigenvalue weighted by molar-refractivity contribution is -0.124. The maximum absolute atomic E-state index is 13.3. The lowest BCUT2D eigenvalue weighted by Gasteiger charge is -2.33. The maximum Gasteiger partial charge on any atom is 0.267 e. The van der Waals surface area contributed by atoms with Gasteiger partial charge in [0.25, 0.3) is 5.91 Å². The van der Waals surface area contributed by atoms with Gasteiger partial charge < -0.3 is 10.2 Å². The van der Waals surface area contributed by atoms with Crippen molar-refractivity contribution in [1.29, 1.82) is 0 Å².